The lowest BCUT2D eigenvalue weighted by Gasteiger charge is -2.13. The molecule has 1 aromatic carbocycles. The van der Waals surface area contributed by atoms with Gasteiger partial charge in [-0.2, -0.15) is 0 Å². The fraction of sp³-hybridized carbons (Fsp3) is 0.385. The number of nitrogens with two attached hydrogens (primary N) is 1. The Kier molecular flexibility index (Phi) is 4.21. The van der Waals surface area contributed by atoms with Crippen LogP contribution in [-0.4, -0.2) is 14.8 Å². The highest BCUT2D eigenvalue weighted by molar-refractivity contribution is 9.10. The zero-order chi connectivity index (χ0) is 14.0. The first-order valence-corrected chi connectivity index (χ1v) is 6.79. The van der Waals surface area contributed by atoms with Crippen molar-refractivity contribution in [3.8, 4) is 5.75 Å². The topological polar surface area (TPSA) is 66.0 Å². The number of benzene rings is 1. The monoisotopic (exact) mass is 324 g/mol. The summed E-state index contributed by atoms with van der Waals surface area (Å²) in [6.45, 7) is 4.73. The molecule has 2 aromatic rings. The quantitative estimate of drug-likeness (QED) is 0.936. The van der Waals surface area contributed by atoms with Crippen molar-refractivity contribution in [3.05, 3.63) is 39.4 Å². The van der Waals surface area contributed by atoms with E-state index in [9.17, 15) is 0 Å². The van der Waals surface area contributed by atoms with Gasteiger partial charge in [0.05, 0.1) is 0 Å². The first-order valence-electron chi connectivity index (χ1n) is 5.99. The Bertz CT molecular complexity index is 595. The van der Waals surface area contributed by atoms with Crippen molar-refractivity contribution in [3.63, 3.8) is 0 Å². The third-order valence-electron chi connectivity index (χ3n) is 3.06. The second-order valence-electron chi connectivity index (χ2n) is 4.43. The summed E-state index contributed by atoms with van der Waals surface area (Å²) in [5.74, 6) is 2.49. The molecule has 0 unspecified atom stereocenters. The fourth-order valence-corrected chi connectivity index (χ4v) is 2.49. The van der Waals surface area contributed by atoms with E-state index in [2.05, 4.69) is 26.1 Å². The minimum Gasteiger partial charge on any atom is -0.485 e. The van der Waals surface area contributed by atoms with Gasteiger partial charge in [-0.25, -0.2) is 0 Å². The van der Waals surface area contributed by atoms with Crippen molar-refractivity contribution in [1.29, 1.82) is 0 Å². The summed E-state index contributed by atoms with van der Waals surface area (Å²) < 4.78 is 8.79. The molecule has 2 rings (SSSR count). The predicted molar refractivity (Wildman–Crippen MR) is 76.8 cm³/mol. The molecule has 0 radical (unpaired) electrons. The second kappa shape index (κ2) is 5.71. The van der Waals surface area contributed by atoms with E-state index in [1.807, 2.05) is 37.6 Å². The van der Waals surface area contributed by atoms with E-state index in [0.717, 1.165) is 33.0 Å². The molecule has 6 heteroatoms. The Morgan fingerprint density at radius 3 is 2.63 bits per heavy atom. The Balaban J connectivity index is 2.22. The molecule has 19 heavy (non-hydrogen) atoms. The molecule has 0 aliphatic heterocycles. The van der Waals surface area contributed by atoms with E-state index in [1.54, 1.807) is 0 Å². The SMILES string of the molecule is Cc1cc(Br)cc(CN)c1OCc1nnc(C)n1C. The molecule has 0 aliphatic carbocycles. The Morgan fingerprint density at radius 1 is 1.32 bits per heavy atom. The lowest BCUT2D eigenvalue weighted by atomic mass is 10.1. The van der Waals surface area contributed by atoms with Crippen LogP contribution in [0.4, 0.5) is 0 Å². The third-order valence-corrected chi connectivity index (χ3v) is 3.52. The lowest BCUT2D eigenvalue weighted by molar-refractivity contribution is 0.286. The van der Waals surface area contributed by atoms with Gasteiger partial charge >= 0.3 is 0 Å². The number of hydrogen-bond acceptors (Lipinski definition) is 4. The molecular formula is C13H17BrN4O. The van der Waals surface area contributed by atoms with Crippen molar-refractivity contribution in [2.24, 2.45) is 12.8 Å². The fourth-order valence-electron chi connectivity index (χ4n) is 1.87. The van der Waals surface area contributed by atoms with E-state index in [-0.39, 0.29) is 0 Å². The van der Waals surface area contributed by atoms with E-state index >= 15 is 0 Å². The number of aryl methyl sites for hydroxylation is 2. The van der Waals surface area contributed by atoms with Gasteiger partial charge in [-0.1, -0.05) is 15.9 Å². The van der Waals surface area contributed by atoms with Gasteiger partial charge in [-0.05, 0) is 31.5 Å². The zero-order valence-corrected chi connectivity index (χ0v) is 12.9. The summed E-state index contributed by atoms with van der Waals surface area (Å²) in [5, 5.41) is 8.09. The maximum Gasteiger partial charge on any atom is 0.170 e. The minimum absolute atomic E-state index is 0.382. The number of aromatic nitrogens is 3. The van der Waals surface area contributed by atoms with Crippen LogP contribution in [0.1, 0.15) is 22.8 Å². The van der Waals surface area contributed by atoms with Crippen molar-refractivity contribution < 1.29 is 4.74 Å². The van der Waals surface area contributed by atoms with Gasteiger partial charge in [0.15, 0.2) is 5.82 Å². The smallest absolute Gasteiger partial charge is 0.170 e. The minimum atomic E-state index is 0.382. The van der Waals surface area contributed by atoms with Crippen molar-refractivity contribution in [2.45, 2.75) is 27.0 Å². The summed E-state index contributed by atoms with van der Waals surface area (Å²) in [6.07, 6.45) is 0. The number of nitrogens with zero attached hydrogens (tertiary/aromatic N) is 3. The van der Waals surface area contributed by atoms with E-state index in [1.165, 1.54) is 0 Å². The number of ether oxygens (including phenoxy) is 1. The molecule has 0 aliphatic rings. The largest absolute Gasteiger partial charge is 0.485 e. The molecule has 0 saturated heterocycles. The van der Waals surface area contributed by atoms with Gasteiger partial charge in [0.2, 0.25) is 0 Å². The molecule has 0 saturated carbocycles. The average molecular weight is 325 g/mol. The molecule has 0 amide bonds. The van der Waals surface area contributed by atoms with Crippen LogP contribution in [0.3, 0.4) is 0 Å². The molecular weight excluding hydrogens is 308 g/mol. The van der Waals surface area contributed by atoms with Gasteiger partial charge in [0, 0.05) is 23.6 Å². The summed E-state index contributed by atoms with van der Waals surface area (Å²) in [6, 6.07) is 3.99. The van der Waals surface area contributed by atoms with Crippen LogP contribution in [0.5, 0.6) is 5.75 Å². The number of rotatable bonds is 4. The zero-order valence-electron chi connectivity index (χ0n) is 11.3. The van der Waals surface area contributed by atoms with Crippen LogP contribution in [0.15, 0.2) is 16.6 Å². The van der Waals surface area contributed by atoms with Gasteiger partial charge < -0.3 is 15.0 Å². The lowest BCUT2D eigenvalue weighted by Crippen LogP contribution is -2.08. The van der Waals surface area contributed by atoms with Crippen molar-refractivity contribution in [2.75, 3.05) is 0 Å². The van der Waals surface area contributed by atoms with E-state index < -0.39 is 0 Å². The van der Waals surface area contributed by atoms with Crippen LogP contribution in [0, 0.1) is 13.8 Å². The van der Waals surface area contributed by atoms with E-state index in [4.69, 9.17) is 10.5 Å². The molecule has 0 bridgehead atoms. The van der Waals surface area contributed by atoms with Crippen molar-refractivity contribution >= 4 is 15.9 Å². The summed E-state index contributed by atoms with van der Waals surface area (Å²) in [5.41, 5.74) is 7.78. The normalized spacial score (nSPS) is 10.8. The Morgan fingerprint density at radius 2 is 2.05 bits per heavy atom. The van der Waals surface area contributed by atoms with Gasteiger partial charge in [0.25, 0.3) is 0 Å². The molecule has 0 atom stereocenters. The molecule has 5 nitrogen and oxygen atoms in total. The maximum atomic E-state index is 5.87. The first kappa shape index (κ1) is 14.0. The average Bonchev–Trinajstić information content (AvgIpc) is 2.68. The highest BCUT2D eigenvalue weighted by Crippen LogP contribution is 2.28. The highest BCUT2D eigenvalue weighted by Gasteiger charge is 2.11. The van der Waals surface area contributed by atoms with Crippen LogP contribution >= 0.6 is 15.9 Å². The second-order valence-corrected chi connectivity index (χ2v) is 5.34. The molecule has 2 N–H and O–H groups in total. The van der Waals surface area contributed by atoms with Gasteiger partial charge in [-0.3, -0.25) is 0 Å². The predicted octanol–water partition coefficient (Wildman–Crippen LogP) is 2.23. The molecule has 1 aromatic heterocycles. The standard InChI is InChI=1S/C13H17BrN4O/c1-8-4-11(14)5-10(6-15)13(8)19-7-12-17-16-9(2)18(12)3/h4-5H,6-7,15H2,1-3H3. The highest BCUT2D eigenvalue weighted by atomic mass is 79.9. The van der Waals surface area contributed by atoms with Crippen LogP contribution in [-0.2, 0) is 20.2 Å². The summed E-state index contributed by atoms with van der Waals surface area (Å²) in [7, 11) is 1.92. The van der Waals surface area contributed by atoms with Crippen molar-refractivity contribution in [1.82, 2.24) is 14.8 Å². The first-order chi connectivity index (χ1) is 9.02. The summed E-state index contributed by atoms with van der Waals surface area (Å²) >= 11 is 3.46. The Hall–Kier alpha value is -1.40. The molecule has 102 valence electrons. The van der Waals surface area contributed by atoms with Gasteiger partial charge in [-0.15, -0.1) is 10.2 Å². The van der Waals surface area contributed by atoms with Crippen LogP contribution in [0.25, 0.3) is 0 Å². The third kappa shape index (κ3) is 2.96. The number of hydrogen-bond donors (Lipinski definition) is 1. The number of halogens is 1. The van der Waals surface area contributed by atoms with Gasteiger partial charge in [0.1, 0.15) is 18.2 Å². The molecule has 0 fully saturated rings. The van der Waals surface area contributed by atoms with E-state index in [0.29, 0.717) is 13.2 Å². The van der Waals surface area contributed by atoms with Crippen LogP contribution < -0.4 is 10.5 Å². The Labute approximate surface area is 120 Å². The maximum absolute atomic E-state index is 5.87. The molecule has 1 heterocycles. The molecule has 0 spiro atoms. The van der Waals surface area contributed by atoms with Crippen LogP contribution in [0.2, 0.25) is 0 Å². The summed E-state index contributed by atoms with van der Waals surface area (Å²) in [4.78, 5) is 0.